The molecular formula is C15H23BrN2O2. The van der Waals surface area contributed by atoms with E-state index in [0.717, 1.165) is 28.9 Å². The highest BCUT2D eigenvalue weighted by Gasteiger charge is 2.09. The van der Waals surface area contributed by atoms with Gasteiger partial charge < -0.3 is 15.0 Å². The lowest BCUT2D eigenvalue weighted by Gasteiger charge is -2.15. The fourth-order valence-corrected chi connectivity index (χ4v) is 2.00. The molecule has 1 amide bonds. The maximum atomic E-state index is 11.6. The van der Waals surface area contributed by atoms with Crippen LogP contribution in [-0.2, 0) is 11.3 Å². The fourth-order valence-electron chi connectivity index (χ4n) is 1.59. The maximum Gasteiger partial charge on any atom is 0.259 e. The number of hydrogen-bond acceptors (Lipinski definition) is 3. The summed E-state index contributed by atoms with van der Waals surface area (Å²) in [5, 5.41) is 3.38. The minimum atomic E-state index is -0.0472. The minimum Gasteiger partial charge on any atom is -0.483 e. The predicted octanol–water partition coefficient (Wildman–Crippen LogP) is 2.66. The number of nitrogens with one attached hydrogen (secondary N) is 1. The zero-order valence-electron chi connectivity index (χ0n) is 12.6. The second-order valence-corrected chi connectivity index (χ2v) is 6.27. The third-order valence-corrected chi connectivity index (χ3v) is 3.23. The summed E-state index contributed by atoms with van der Waals surface area (Å²) in [5.74, 6) is 1.30. The van der Waals surface area contributed by atoms with E-state index in [0.29, 0.717) is 5.92 Å². The Hall–Kier alpha value is -1.07. The Balaban J connectivity index is 2.67. The van der Waals surface area contributed by atoms with Gasteiger partial charge in [0.05, 0.1) is 0 Å². The van der Waals surface area contributed by atoms with Gasteiger partial charge in [0.2, 0.25) is 0 Å². The van der Waals surface area contributed by atoms with Gasteiger partial charge in [-0.1, -0.05) is 29.8 Å². The van der Waals surface area contributed by atoms with E-state index in [1.54, 1.807) is 14.1 Å². The van der Waals surface area contributed by atoms with E-state index in [1.165, 1.54) is 4.90 Å². The van der Waals surface area contributed by atoms with Gasteiger partial charge in [-0.05, 0) is 30.7 Å². The molecule has 0 radical (unpaired) electrons. The highest BCUT2D eigenvalue weighted by Crippen LogP contribution is 2.23. The maximum absolute atomic E-state index is 11.6. The molecule has 1 aromatic carbocycles. The molecule has 1 rings (SSSR count). The first-order chi connectivity index (χ1) is 9.40. The molecule has 0 unspecified atom stereocenters. The van der Waals surface area contributed by atoms with Crippen molar-refractivity contribution >= 4 is 21.8 Å². The van der Waals surface area contributed by atoms with E-state index in [-0.39, 0.29) is 12.5 Å². The third-order valence-electron chi connectivity index (χ3n) is 2.74. The average Bonchev–Trinajstić information content (AvgIpc) is 2.36. The van der Waals surface area contributed by atoms with Crippen LogP contribution in [0.3, 0.4) is 0 Å². The van der Waals surface area contributed by atoms with Gasteiger partial charge in [-0.3, -0.25) is 4.79 Å². The molecule has 112 valence electrons. The molecule has 1 N–H and O–H groups in total. The molecule has 0 aliphatic rings. The number of amides is 1. The Morgan fingerprint density at radius 3 is 2.70 bits per heavy atom. The van der Waals surface area contributed by atoms with Crippen LogP contribution in [0.5, 0.6) is 5.75 Å². The van der Waals surface area contributed by atoms with Crippen LogP contribution in [0.25, 0.3) is 0 Å². The molecule has 4 nitrogen and oxygen atoms in total. The molecule has 0 aliphatic heterocycles. The zero-order valence-corrected chi connectivity index (χ0v) is 14.2. The number of benzene rings is 1. The van der Waals surface area contributed by atoms with E-state index in [1.807, 2.05) is 18.2 Å². The van der Waals surface area contributed by atoms with Gasteiger partial charge in [-0.15, -0.1) is 0 Å². The monoisotopic (exact) mass is 342 g/mol. The molecule has 0 atom stereocenters. The summed E-state index contributed by atoms with van der Waals surface area (Å²) in [7, 11) is 3.44. The van der Waals surface area contributed by atoms with Crippen LogP contribution >= 0.6 is 15.9 Å². The van der Waals surface area contributed by atoms with E-state index in [9.17, 15) is 4.79 Å². The van der Waals surface area contributed by atoms with Crippen molar-refractivity contribution in [1.29, 1.82) is 0 Å². The lowest BCUT2D eigenvalue weighted by Crippen LogP contribution is -2.28. The summed E-state index contributed by atoms with van der Waals surface area (Å²) in [6, 6.07) is 5.82. The van der Waals surface area contributed by atoms with E-state index in [2.05, 4.69) is 35.1 Å². The number of hydrogen-bond donors (Lipinski definition) is 1. The predicted molar refractivity (Wildman–Crippen MR) is 84.9 cm³/mol. The molecule has 0 aliphatic carbocycles. The first-order valence-electron chi connectivity index (χ1n) is 6.72. The summed E-state index contributed by atoms with van der Waals surface area (Å²) < 4.78 is 6.63. The van der Waals surface area contributed by atoms with Gasteiger partial charge in [0, 0.05) is 30.7 Å². The number of nitrogens with zero attached hydrogens (tertiary/aromatic N) is 1. The second kappa shape index (κ2) is 8.27. The Bertz CT molecular complexity index is 447. The van der Waals surface area contributed by atoms with Crippen molar-refractivity contribution in [2.24, 2.45) is 5.92 Å². The van der Waals surface area contributed by atoms with Crippen LogP contribution in [-0.4, -0.2) is 38.1 Å². The van der Waals surface area contributed by atoms with E-state index in [4.69, 9.17) is 4.74 Å². The van der Waals surface area contributed by atoms with Crippen LogP contribution in [0.2, 0.25) is 0 Å². The summed E-state index contributed by atoms with van der Waals surface area (Å²) in [5.41, 5.74) is 1.05. The molecule has 0 saturated heterocycles. The van der Waals surface area contributed by atoms with Crippen LogP contribution in [0, 0.1) is 5.92 Å². The number of carbonyl (C=O) groups excluding carboxylic acids is 1. The Labute approximate surface area is 129 Å². The molecule has 0 saturated carbocycles. The Morgan fingerprint density at radius 1 is 1.40 bits per heavy atom. The van der Waals surface area contributed by atoms with Crippen molar-refractivity contribution in [2.45, 2.75) is 20.4 Å². The van der Waals surface area contributed by atoms with Crippen molar-refractivity contribution in [1.82, 2.24) is 10.2 Å². The van der Waals surface area contributed by atoms with Gasteiger partial charge in [0.15, 0.2) is 6.61 Å². The Morgan fingerprint density at radius 2 is 2.10 bits per heavy atom. The number of halogens is 1. The van der Waals surface area contributed by atoms with Crippen LogP contribution in [0.1, 0.15) is 19.4 Å². The molecule has 5 heteroatoms. The average molecular weight is 343 g/mol. The van der Waals surface area contributed by atoms with Crippen LogP contribution < -0.4 is 10.1 Å². The first-order valence-corrected chi connectivity index (χ1v) is 7.51. The lowest BCUT2D eigenvalue weighted by atomic mass is 10.2. The number of ether oxygens (including phenoxy) is 1. The van der Waals surface area contributed by atoms with Gasteiger partial charge in [-0.2, -0.15) is 0 Å². The Kier molecular flexibility index (Phi) is 7.02. The largest absolute Gasteiger partial charge is 0.483 e. The topological polar surface area (TPSA) is 41.6 Å². The highest BCUT2D eigenvalue weighted by atomic mass is 79.9. The van der Waals surface area contributed by atoms with E-state index >= 15 is 0 Å². The van der Waals surface area contributed by atoms with E-state index < -0.39 is 0 Å². The summed E-state index contributed by atoms with van der Waals surface area (Å²) in [6.45, 7) is 6.07. The normalized spacial score (nSPS) is 10.7. The summed E-state index contributed by atoms with van der Waals surface area (Å²) >= 11 is 3.46. The van der Waals surface area contributed by atoms with Gasteiger partial charge >= 0.3 is 0 Å². The molecule has 0 aromatic heterocycles. The smallest absolute Gasteiger partial charge is 0.259 e. The van der Waals surface area contributed by atoms with Gasteiger partial charge in [0.1, 0.15) is 5.75 Å². The van der Waals surface area contributed by atoms with Crippen molar-refractivity contribution in [3.63, 3.8) is 0 Å². The summed E-state index contributed by atoms with van der Waals surface area (Å²) in [4.78, 5) is 13.1. The molecule has 0 fully saturated rings. The molecule has 0 bridgehead atoms. The molecule has 0 spiro atoms. The van der Waals surface area contributed by atoms with Crippen molar-refractivity contribution in [2.75, 3.05) is 27.2 Å². The molecule has 1 aromatic rings. The number of carbonyl (C=O) groups is 1. The lowest BCUT2D eigenvalue weighted by molar-refractivity contribution is -0.130. The first kappa shape index (κ1) is 17.0. The van der Waals surface area contributed by atoms with Crippen LogP contribution in [0.15, 0.2) is 22.7 Å². The third kappa shape index (κ3) is 5.92. The quantitative estimate of drug-likeness (QED) is 0.828. The second-order valence-electron chi connectivity index (χ2n) is 5.35. The standard InChI is InChI=1S/C15H23BrN2O2/c1-11(2)8-17-9-12-7-13(16)5-6-14(12)20-10-15(19)18(3)4/h5-7,11,17H,8-10H2,1-4H3. The van der Waals surface area contributed by atoms with Gasteiger partial charge in [-0.25, -0.2) is 0 Å². The van der Waals surface area contributed by atoms with Crippen molar-refractivity contribution in [3.05, 3.63) is 28.2 Å². The van der Waals surface area contributed by atoms with Crippen molar-refractivity contribution < 1.29 is 9.53 Å². The van der Waals surface area contributed by atoms with Gasteiger partial charge in [0.25, 0.3) is 5.91 Å². The fraction of sp³-hybridized carbons (Fsp3) is 0.533. The number of likely N-dealkylation sites (N-methyl/N-ethyl adjacent to an activating group) is 1. The molecule has 0 heterocycles. The molecule has 20 heavy (non-hydrogen) atoms. The SMILES string of the molecule is CC(C)CNCc1cc(Br)ccc1OCC(=O)N(C)C. The highest BCUT2D eigenvalue weighted by molar-refractivity contribution is 9.10. The van der Waals surface area contributed by atoms with Crippen LogP contribution in [0.4, 0.5) is 0 Å². The number of rotatable bonds is 7. The summed E-state index contributed by atoms with van der Waals surface area (Å²) in [6.07, 6.45) is 0. The molecular weight excluding hydrogens is 320 g/mol. The van der Waals surface area contributed by atoms with Crippen molar-refractivity contribution in [3.8, 4) is 5.75 Å². The zero-order chi connectivity index (χ0) is 15.1. The minimum absolute atomic E-state index is 0.0472.